The van der Waals surface area contributed by atoms with Crippen LogP contribution in [0, 0.1) is 0 Å². The standard InChI is InChI=1S/C12H19BrN2OS/c1-5-10(15-17(16)12(2,3)4)11-8-9(13)6-7-14-11/h6-8,10,15H,5H2,1-4H3/t10-,17+/m0/s1. The number of hydrogen-bond donors (Lipinski definition) is 1. The first-order valence-corrected chi connectivity index (χ1v) is 7.58. The Morgan fingerprint density at radius 3 is 2.65 bits per heavy atom. The minimum Gasteiger partial charge on any atom is -0.260 e. The summed E-state index contributed by atoms with van der Waals surface area (Å²) in [6.07, 6.45) is 2.61. The van der Waals surface area contributed by atoms with E-state index in [2.05, 4.69) is 32.6 Å². The summed E-state index contributed by atoms with van der Waals surface area (Å²) in [4.78, 5) is 4.32. The molecular weight excluding hydrogens is 300 g/mol. The van der Waals surface area contributed by atoms with Crippen molar-refractivity contribution in [1.29, 1.82) is 0 Å². The zero-order valence-corrected chi connectivity index (χ0v) is 13.1. The average Bonchev–Trinajstić information content (AvgIpc) is 2.24. The Kier molecular flexibility index (Phi) is 5.28. The maximum absolute atomic E-state index is 12.1. The molecule has 0 radical (unpaired) electrons. The fourth-order valence-corrected chi connectivity index (χ4v) is 2.52. The second kappa shape index (κ2) is 6.07. The van der Waals surface area contributed by atoms with Crippen molar-refractivity contribution in [3.05, 3.63) is 28.5 Å². The number of hydrogen-bond acceptors (Lipinski definition) is 2. The molecule has 0 saturated carbocycles. The summed E-state index contributed by atoms with van der Waals surface area (Å²) in [5.74, 6) is 0. The zero-order valence-electron chi connectivity index (χ0n) is 10.7. The Balaban J connectivity index is 2.83. The lowest BCUT2D eigenvalue weighted by molar-refractivity contribution is 0.579. The van der Waals surface area contributed by atoms with Gasteiger partial charge in [-0.2, -0.15) is 0 Å². The number of pyridine rings is 1. The van der Waals surface area contributed by atoms with E-state index in [1.54, 1.807) is 6.20 Å². The van der Waals surface area contributed by atoms with E-state index in [-0.39, 0.29) is 10.8 Å². The van der Waals surface area contributed by atoms with Gasteiger partial charge in [-0.15, -0.1) is 0 Å². The third kappa shape index (κ3) is 4.48. The normalized spacial score (nSPS) is 15.6. The van der Waals surface area contributed by atoms with Gasteiger partial charge in [-0.25, -0.2) is 8.93 Å². The highest BCUT2D eigenvalue weighted by molar-refractivity contribution is 9.10. The van der Waals surface area contributed by atoms with Gasteiger partial charge in [-0.1, -0.05) is 22.9 Å². The molecule has 0 amide bonds. The van der Waals surface area contributed by atoms with Gasteiger partial charge in [0.25, 0.3) is 0 Å². The van der Waals surface area contributed by atoms with Crippen LogP contribution in [0.1, 0.15) is 45.9 Å². The van der Waals surface area contributed by atoms with Gasteiger partial charge in [0.15, 0.2) is 0 Å². The zero-order chi connectivity index (χ0) is 13.1. The smallest absolute Gasteiger partial charge is 0.0976 e. The van der Waals surface area contributed by atoms with E-state index in [0.717, 1.165) is 16.6 Å². The average molecular weight is 319 g/mol. The summed E-state index contributed by atoms with van der Waals surface area (Å²) in [5.41, 5.74) is 0.916. The van der Waals surface area contributed by atoms with E-state index in [1.165, 1.54) is 0 Å². The summed E-state index contributed by atoms with van der Waals surface area (Å²) < 4.78 is 15.9. The van der Waals surface area contributed by atoms with Crippen molar-refractivity contribution in [2.75, 3.05) is 0 Å². The van der Waals surface area contributed by atoms with Crippen molar-refractivity contribution in [3.8, 4) is 0 Å². The Morgan fingerprint density at radius 1 is 1.53 bits per heavy atom. The summed E-state index contributed by atoms with van der Waals surface area (Å²) in [5, 5.41) is 0. The Bertz CT molecular complexity index is 404. The first-order valence-electron chi connectivity index (χ1n) is 5.64. The van der Waals surface area contributed by atoms with Crippen LogP contribution in [-0.2, 0) is 11.0 Å². The molecule has 2 atom stereocenters. The van der Waals surface area contributed by atoms with Crippen LogP contribution in [0.2, 0.25) is 0 Å². The van der Waals surface area contributed by atoms with E-state index in [9.17, 15) is 4.21 Å². The highest BCUT2D eigenvalue weighted by atomic mass is 79.9. The van der Waals surface area contributed by atoms with E-state index in [1.807, 2.05) is 32.9 Å². The summed E-state index contributed by atoms with van der Waals surface area (Å²) in [6, 6.07) is 3.87. The molecule has 0 aliphatic heterocycles. The molecule has 0 aliphatic rings. The van der Waals surface area contributed by atoms with Gasteiger partial charge < -0.3 is 0 Å². The number of nitrogens with one attached hydrogen (secondary N) is 1. The van der Waals surface area contributed by atoms with Gasteiger partial charge in [-0.3, -0.25) is 4.98 Å². The molecule has 0 fully saturated rings. The van der Waals surface area contributed by atoms with E-state index in [4.69, 9.17) is 0 Å². The SMILES string of the molecule is CC[C@H](N[S@](=O)C(C)(C)C)c1cc(Br)ccn1. The van der Waals surface area contributed by atoms with Gasteiger partial charge >= 0.3 is 0 Å². The maximum atomic E-state index is 12.1. The second-order valence-corrected chi connectivity index (χ2v) is 7.77. The highest BCUT2D eigenvalue weighted by Gasteiger charge is 2.23. The van der Waals surface area contributed by atoms with E-state index >= 15 is 0 Å². The maximum Gasteiger partial charge on any atom is 0.0976 e. The molecule has 1 rings (SSSR count). The van der Waals surface area contributed by atoms with Gasteiger partial charge in [-0.05, 0) is 39.3 Å². The van der Waals surface area contributed by atoms with Crippen molar-refractivity contribution in [1.82, 2.24) is 9.71 Å². The monoisotopic (exact) mass is 318 g/mol. The lowest BCUT2D eigenvalue weighted by Crippen LogP contribution is -2.35. The number of aromatic nitrogens is 1. The predicted octanol–water partition coefficient (Wildman–Crippen LogP) is 3.35. The molecule has 1 heterocycles. The van der Waals surface area contributed by atoms with Crippen LogP contribution in [0.3, 0.4) is 0 Å². The van der Waals surface area contributed by atoms with Crippen LogP contribution in [0.25, 0.3) is 0 Å². The van der Waals surface area contributed by atoms with Crippen molar-refractivity contribution in [2.24, 2.45) is 0 Å². The predicted molar refractivity (Wildman–Crippen MR) is 76.0 cm³/mol. The molecule has 1 aromatic rings. The fraction of sp³-hybridized carbons (Fsp3) is 0.583. The molecule has 17 heavy (non-hydrogen) atoms. The van der Waals surface area contributed by atoms with Crippen molar-refractivity contribution in [2.45, 2.75) is 44.9 Å². The van der Waals surface area contributed by atoms with Gasteiger partial charge in [0.1, 0.15) is 0 Å². The number of nitrogens with zero attached hydrogens (tertiary/aromatic N) is 1. The minimum atomic E-state index is -1.08. The first kappa shape index (κ1) is 14.8. The first-order chi connectivity index (χ1) is 7.84. The lowest BCUT2D eigenvalue weighted by Gasteiger charge is -2.23. The van der Waals surface area contributed by atoms with Gasteiger partial charge in [0.05, 0.1) is 27.5 Å². The molecule has 0 unspecified atom stereocenters. The third-order valence-corrected chi connectivity index (χ3v) is 4.42. The van der Waals surface area contributed by atoms with Crippen LogP contribution in [0.5, 0.6) is 0 Å². The van der Waals surface area contributed by atoms with Gasteiger partial charge in [0.2, 0.25) is 0 Å². The Hall–Kier alpha value is -0.260. The minimum absolute atomic E-state index is 0.0209. The summed E-state index contributed by atoms with van der Waals surface area (Å²) in [7, 11) is -1.08. The lowest BCUT2D eigenvalue weighted by atomic mass is 10.1. The fourth-order valence-electron chi connectivity index (χ4n) is 1.27. The molecule has 96 valence electrons. The molecular formula is C12H19BrN2OS. The highest BCUT2D eigenvalue weighted by Crippen LogP contribution is 2.20. The molecule has 1 N–H and O–H groups in total. The number of rotatable bonds is 4. The Labute approximate surface area is 114 Å². The third-order valence-electron chi connectivity index (χ3n) is 2.31. The quantitative estimate of drug-likeness (QED) is 0.925. The summed E-state index contributed by atoms with van der Waals surface area (Å²) in [6.45, 7) is 7.92. The second-order valence-electron chi connectivity index (χ2n) is 4.86. The molecule has 3 nitrogen and oxygen atoms in total. The topological polar surface area (TPSA) is 42.0 Å². The van der Waals surface area contributed by atoms with Crippen molar-refractivity contribution >= 4 is 26.9 Å². The number of halogens is 1. The van der Waals surface area contributed by atoms with Crippen LogP contribution in [0.15, 0.2) is 22.8 Å². The van der Waals surface area contributed by atoms with Crippen LogP contribution >= 0.6 is 15.9 Å². The Morgan fingerprint density at radius 2 is 2.18 bits per heavy atom. The molecule has 0 aliphatic carbocycles. The van der Waals surface area contributed by atoms with Crippen molar-refractivity contribution < 1.29 is 4.21 Å². The molecule has 0 aromatic carbocycles. The van der Waals surface area contributed by atoms with Gasteiger partial charge in [0, 0.05) is 10.7 Å². The molecule has 1 aromatic heterocycles. The van der Waals surface area contributed by atoms with E-state index < -0.39 is 11.0 Å². The largest absolute Gasteiger partial charge is 0.260 e. The van der Waals surface area contributed by atoms with Crippen LogP contribution < -0.4 is 4.72 Å². The molecule has 0 spiro atoms. The van der Waals surface area contributed by atoms with Crippen LogP contribution in [-0.4, -0.2) is 13.9 Å². The summed E-state index contributed by atoms with van der Waals surface area (Å²) >= 11 is 3.42. The van der Waals surface area contributed by atoms with Crippen molar-refractivity contribution in [3.63, 3.8) is 0 Å². The molecule has 5 heteroatoms. The van der Waals surface area contributed by atoms with Crippen LogP contribution in [0.4, 0.5) is 0 Å². The van der Waals surface area contributed by atoms with E-state index in [0.29, 0.717) is 0 Å². The molecule has 0 saturated heterocycles. The molecule has 0 bridgehead atoms.